The molecule has 0 unspecified atom stereocenters. The SMILES string of the molecule is NC(=O)c1c(F)cccc1NCC1CC(c2ccc(Cl)cc2)C1. The first-order valence-corrected chi connectivity index (χ1v) is 8.00. The Kier molecular flexibility index (Phi) is 4.53. The maximum absolute atomic E-state index is 13.7. The van der Waals surface area contributed by atoms with Gasteiger partial charge in [-0.2, -0.15) is 0 Å². The fourth-order valence-electron chi connectivity index (χ4n) is 3.09. The topological polar surface area (TPSA) is 55.1 Å². The first-order chi connectivity index (χ1) is 11.0. The maximum Gasteiger partial charge on any atom is 0.253 e. The number of hydrogen-bond acceptors (Lipinski definition) is 2. The zero-order valence-corrected chi connectivity index (χ0v) is 13.3. The van der Waals surface area contributed by atoms with Crippen LogP contribution in [-0.2, 0) is 0 Å². The Bertz CT molecular complexity index is 711. The monoisotopic (exact) mass is 332 g/mol. The van der Waals surface area contributed by atoms with E-state index in [-0.39, 0.29) is 5.56 Å². The van der Waals surface area contributed by atoms with Gasteiger partial charge in [-0.3, -0.25) is 4.79 Å². The lowest BCUT2D eigenvalue weighted by molar-refractivity contribution is 0.0997. The van der Waals surface area contributed by atoms with Crippen LogP contribution in [0.2, 0.25) is 5.02 Å². The molecule has 1 amide bonds. The number of primary amides is 1. The van der Waals surface area contributed by atoms with Gasteiger partial charge >= 0.3 is 0 Å². The van der Waals surface area contributed by atoms with E-state index in [0.29, 0.717) is 24.1 Å². The average molecular weight is 333 g/mol. The summed E-state index contributed by atoms with van der Waals surface area (Å²) in [6.07, 6.45) is 2.13. The number of amides is 1. The summed E-state index contributed by atoms with van der Waals surface area (Å²) in [5.41, 5.74) is 6.95. The molecule has 3 nitrogen and oxygen atoms in total. The molecular formula is C18H18ClFN2O. The largest absolute Gasteiger partial charge is 0.384 e. The zero-order valence-electron chi connectivity index (χ0n) is 12.6. The average Bonchev–Trinajstić information content (AvgIpc) is 2.47. The van der Waals surface area contributed by atoms with Gasteiger partial charge in [0.15, 0.2) is 0 Å². The van der Waals surface area contributed by atoms with Gasteiger partial charge in [0.25, 0.3) is 5.91 Å². The lowest BCUT2D eigenvalue weighted by Crippen LogP contribution is -2.29. The van der Waals surface area contributed by atoms with Gasteiger partial charge in [0.2, 0.25) is 0 Å². The van der Waals surface area contributed by atoms with Crippen LogP contribution in [0.3, 0.4) is 0 Å². The number of anilines is 1. The number of benzene rings is 2. The summed E-state index contributed by atoms with van der Waals surface area (Å²) in [4.78, 5) is 11.4. The second kappa shape index (κ2) is 6.59. The second-order valence-corrected chi connectivity index (χ2v) is 6.43. The van der Waals surface area contributed by atoms with E-state index in [9.17, 15) is 9.18 Å². The smallest absolute Gasteiger partial charge is 0.253 e. The van der Waals surface area contributed by atoms with Crippen LogP contribution in [-0.4, -0.2) is 12.5 Å². The van der Waals surface area contributed by atoms with Crippen molar-refractivity contribution in [3.05, 3.63) is 64.4 Å². The fraction of sp³-hybridized carbons (Fsp3) is 0.278. The summed E-state index contributed by atoms with van der Waals surface area (Å²) in [5.74, 6) is -0.296. The Balaban J connectivity index is 1.56. The summed E-state index contributed by atoms with van der Waals surface area (Å²) in [6, 6.07) is 12.4. The van der Waals surface area contributed by atoms with E-state index in [1.165, 1.54) is 11.6 Å². The van der Waals surface area contributed by atoms with E-state index >= 15 is 0 Å². The standard InChI is InChI=1S/C18H18ClFN2O/c19-14-6-4-12(5-7-14)13-8-11(9-13)10-22-16-3-1-2-15(20)17(16)18(21)23/h1-7,11,13,22H,8-10H2,(H2,21,23). The minimum absolute atomic E-state index is 0.0684. The lowest BCUT2D eigenvalue weighted by atomic mass is 9.71. The fourth-order valence-corrected chi connectivity index (χ4v) is 3.21. The molecule has 1 saturated carbocycles. The molecule has 0 atom stereocenters. The van der Waals surface area contributed by atoms with Gasteiger partial charge in [-0.15, -0.1) is 0 Å². The molecule has 2 aromatic rings. The normalized spacial score (nSPS) is 19.9. The minimum atomic E-state index is -0.752. The van der Waals surface area contributed by atoms with Gasteiger partial charge in [0, 0.05) is 17.3 Å². The molecule has 1 aliphatic rings. The van der Waals surface area contributed by atoms with Crippen molar-refractivity contribution in [1.82, 2.24) is 0 Å². The van der Waals surface area contributed by atoms with Gasteiger partial charge in [0.1, 0.15) is 5.82 Å². The quantitative estimate of drug-likeness (QED) is 0.862. The third kappa shape index (κ3) is 3.48. The first kappa shape index (κ1) is 15.8. The van der Waals surface area contributed by atoms with Crippen molar-refractivity contribution in [2.75, 3.05) is 11.9 Å². The molecule has 0 heterocycles. The molecule has 2 aromatic carbocycles. The molecule has 0 bridgehead atoms. The van der Waals surface area contributed by atoms with Gasteiger partial charge < -0.3 is 11.1 Å². The lowest BCUT2D eigenvalue weighted by Gasteiger charge is -2.36. The summed E-state index contributed by atoms with van der Waals surface area (Å²) in [7, 11) is 0. The molecule has 5 heteroatoms. The Morgan fingerprint density at radius 3 is 2.57 bits per heavy atom. The van der Waals surface area contributed by atoms with Crippen molar-refractivity contribution >= 4 is 23.2 Å². The van der Waals surface area contributed by atoms with Crippen molar-refractivity contribution in [3.8, 4) is 0 Å². The van der Waals surface area contributed by atoms with E-state index in [2.05, 4.69) is 17.4 Å². The van der Waals surface area contributed by atoms with Crippen molar-refractivity contribution in [2.24, 2.45) is 11.7 Å². The summed E-state index contributed by atoms with van der Waals surface area (Å²) >= 11 is 5.90. The highest BCUT2D eigenvalue weighted by atomic mass is 35.5. The van der Waals surface area contributed by atoms with Crippen molar-refractivity contribution in [3.63, 3.8) is 0 Å². The molecule has 3 N–H and O–H groups in total. The Morgan fingerprint density at radius 2 is 1.91 bits per heavy atom. The molecule has 120 valence electrons. The van der Waals surface area contributed by atoms with Gasteiger partial charge in [-0.25, -0.2) is 4.39 Å². The van der Waals surface area contributed by atoms with Crippen LogP contribution in [0.15, 0.2) is 42.5 Å². The third-order valence-corrected chi connectivity index (χ3v) is 4.67. The molecular weight excluding hydrogens is 315 g/mol. The summed E-state index contributed by atoms with van der Waals surface area (Å²) in [5, 5.41) is 3.90. The number of rotatable bonds is 5. The van der Waals surface area contributed by atoms with Crippen LogP contribution < -0.4 is 11.1 Å². The number of nitrogens with one attached hydrogen (secondary N) is 1. The van der Waals surface area contributed by atoms with Crippen LogP contribution in [0.25, 0.3) is 0 Å². The van der Waals surface area contributed by atoms with Crippen LogP contribution in [0.1, 0.15) is 34.7 Å². The second-order valence-electron chi connectivity index (χ2n) is 5.99. The Labute approximate surface area is 139 Å². The predicted molar refractivity (Wildman–Crippen MR) is 90.3 cm³/mol. The van der Waals surface area contributed by atoms with E-state index in [1.807, 2.05) is 12.1 Å². The molecule has 0 spiro atoms. The minimum Gasteiger partial charge on any atom is -0.384 e. The van der Waals surface area contributed by atoms with Gasteiger partial charge in [-0.1, -0.05) is 29.8 Å². The van der Waals surface area contributed by atoms with Crippen molar-refractivity contribution in [2.45, 2.75) is 18.8 Å². The van der Waals surface area contributed by atoms with E-state index in [1.54, 1.807) is 12.1 Å². The maximum atomic E-state index is 13.7. The van der Waals surface area contributed by atoms with E-state index in [0.717, 1.165) is 17.9 Å². The summed E-state index contributed by atoms with van der Waals surface area (Å²) < 4.78 is 13.7. The number of carbonyl (C=O) groups is 1. The number of halogens is 2. The number of hydrogen-bond donors (Lipinski definition) is 2. The van der Waals surface area contributed by atoms with Crippen molar-refractivity contribution < 1.29 is 9.18 Å². The molecule has 0 aromatic heterocycles. The van der Waals surface area contributed by atoms with Gasteiger partial charge in [-0.05, 0) is 54.5 Å². The Morgan fingerprint density at radius 1 is 1.22 bits per heavy atom. The highest BCUT2D eigenvalue weighted by molar-refractivity contribution is 6.30. The highest BCUT2D eigenvalue weighted by Crippen LogP contribution is 2.41. The molecule has 1 fully saturated rings. The highest BCUT2D eigenvalue weighted by Gasteiger charge is 2.30. The molecule has 0 radical (unpaired) electrons. The zero-order chi connectivity index (χ0) is 16.4. The summed E-state index contributed by atoms with van der Waals surface area (Å²) in [6.45, 7) is 0.702. The van der Waals surface area contributed by atoms with Crippen molar-refractivity contribution in [1.29, 1.82) is 0 Å². The molecule has 1 aliphatic carbocycles. The van der Waals surface area contributed by atoms with Crippen LogP contribution in [0.4, 0.5) is 10.1 Å². The Hall–Kier alpha value is -2.07. The van der Waals surface area contributed by atoms with E-state index in [4.69, 9.17) is 17.3 Å². The molecule has 23 heavy (non-hydrogen) atoms. The number of carbonyl (C=O) groups excluding carboxylic acids is 1. The molecule has 0 aliphatic heterocycles. The van der Waals surface area contributed by atoms with Crippen LogP contribution >= 0.6 is 11.6 Å². The molecule has 3 rings (SSSR count). The van der Waals surface area contributed by atoms with Gasteiger partial charge in [0.05, 0.1) is 5.56 Å². The first-order valence-electron chi connectivity index (χ1n) is 7.62. The van der Waals surface area contributed by atoms with E-state index < -0.39 is 11.7 Å². The third-order valence-electron chi connectivity index (χ3n) is 4.42. The molecule has 0 saturated heterocycles. The number of nitrogens with two attached hydrogens (primary N) is 1. The predicted octanol–water partition coefficient (Wildman–Crippen LogP) is 4.18. The van der Waals surface area contributed by atoms with Crippen LogP contribution in [0.5, 0.6) is 0 Å². The van der Waals surface area contributed by atoms with Crippen LogP contribution in [0, 0.1) is 11.7 Å².